The van der Waals surface area contributed by atoms with Crippen molar-refractivity contribution in [2.75, 3.05) is 19.8 Å². The van der Waals surface area contributed by atoms with E-state index in [1.807, 2.05) is 37.3 Å². The van der Waals surface area contributed by atoms with Crippen LogP contribution in [-0.2, 0) is 30.2 Å². The van der Waals surface area contributed by atoms with Crippen molar-refractivity contribution in [2.24, 2.45) is 5.92 Å². The smallest absolute Gasteiger partial charge is 0.416 e. The van der Waals surface area contributed by atoms with Crippen LogP contribution in [0.3, 0.4) is 0 Å². The van der Waals surface area contributed by atoms with Crippen molar-refractivity contribution in [1.29, 1.82) is 0 Å². The summed E-state index contributed by atoms with van der Waals surface area (Å²) in [4.78, 5) is 37.6. The van der Waals surface area contributed by atoms with Gasteiger partial charge in [0, 0.05) is 18.8 Å². The Hall–Kier alpha value is -2.25. The van der Waals surface area contributed by atoms with Crippen LogP contribution in [0.4, 0.5) is 4.79 Å². The maximum absolute atomic E-state index is 13.1. The molecule has 3 rings (SSSR count). The number of carbonyl (C=O) groups excluding carboxylic acids is 3. The number of benzene rings is 1. The monoisotopic (exact) mass is 389 g/mol. The highest BCUT2D eigenvalue weighted by molar-refractivity contribution is 5.95. The molecule has 2 fully saturated rings. The molecule has 2 amide bonds. The van der Waals surface area contributed by atoms with Crippen LogP contribution in [0.2, 0.25) is 0 Å². The number of rotatable bonds is 9. The summed E-state index contributed by atoms with van der Waals surface area (Å²) in [5.41, 5.74) is 1.03. The van der Waals surface area contributed by atoms with Crippen molar-refractivity contribution in [3.05, 3.63) is 35.9 Å². The summed E-state index contributed by atoms with van der Waals surface area (Å²) in [5, 5.41) is 0. The van der Waals surface area contributed by atoms with Gasteiger partial charge in [0.25, 0.3) is 0 Å². The average molecular weight is 389 g/mol. The summed E-state index contributed by atoms with van der Waals surface area (Å²) < 4.78 is 16.3. The third kappa shape index (κ3) is 4.97. The predicted molar refractivity (Wildman–Crippen MR) is 100 cm³/mol. The van der Waals surface area contributed by atoms with E-state index in [9.17, 15) is 14.4 Å². The van der Waals surface area contributed by atoms with Gasteiger partial charge >= 0.3 is 6.09 Å². The molecule has 0 spiro atoms. The first-order chi connectivity index (χ1) is 13.5. The van der Waals surface area contributed by atoms with Gasteiger partial charge in [0.2, 0.25) is 5.91 Å². The van der Waals surface area contributed by atoms with Crippen LogP contribution in [0.15, 0.2) is 30.3 Å². The Morgan fingerprint density at radius 2 is 2.00 bits per heavy atom. The zero-order valence-electron chi connectivity index (χ0n) is 16.2. The molecular formula is C21H27NO6. The lowest BCUT2D eigenvalue weighted by Gasteiger charge is -2.26. The van der Waals surface area contributed by atoms with Crippen molar-refractivity contribution in [1.82, 2.24) is 4.90 Å². The number of carbonyl (C=O) groups is 3. The molecule has 2 aliphatic rings. The third-order valence-electron chi connectivity index (χ3n) is 5.32. The molecule has 28 heavy (non-hydrogen) atoms. The first-order valence-corrected chi connectivity index (χ1v) is 9.78. The number of hydrogen-bond acceptors (Lipinski definition) is 6. The Labute approximate surface area is 164 Å². The topological polar surface area (TPSA) is 82.1 Å². The molecule has 1 aromatic rings. The average Bonchev–Trinajstić information content (AvgIpc) is 3.27. The Bertz CT molecular complexity index is 685. The molecule has 2 saturated heterocycles. The SMILES string of the molecule is CC1(CCCC(CC=O)C(=O)N2C(=O)OC[C@H]2Cc2ccccc2)OCCO1. The van der Waals surface area contributed by atoms with Crippen molar-refractivity contribution < 1.29 is 28.6 Å². The zero-order chi connectivity index (χ0) is 20.0. The minimum atomic E-state index is -0.628. The molecule has 0 aliphatic carbocycles. The van der Waals surface area contributed by atoms with Gasteiger partial charge in [-0.1, -0.05) is 30.3 Å². The van der Waals surface area contributed by atoms with Gasteiger partial charge in [-0.15, -0.1) is 0 Å². The lowest BCUT2D eigenvalue weighted by molar-refractivity contribution is -0.149. The van der Waals surface area contributed by atoms with Gasteiger partial charge in [0.1, 0.15) is 12.9 Å². The summed E-state index contributed by atoms with van der Waals surface area (Å²) >= 11 is 0. The summed E-state index contributed by atoms with van der Waals surface area (Å²) in [7, 11) is 0. The van der Waals surface area contributed by atoms with Crippen LogP contribution in [0.25, 0.3) is 0 Å². The van der Waals surface area contributed by atoms with Crippen LogP contribution in [0, 0.1) is 5.92 Å². The van der Waals surface area contributed by atoms with Gasteiger partial charge < -0.3 is 19.0 Å². The van der Waals surface area contributed by atoms with Gasteiger partial charge in [-0.25, -0.2) is 9.69 Å². The number of nitrogens with zero attached hydrogens (tertiary/aromatic N) is 1. The Morgan fingerprint density at radius 1 is 1.29 bits per heavy atom. The van der Waals surface area contributed by atoms with E-state index >= 15 is 0 Å². The number of imide groups is 1. The van der Waals surface area contributed by atoms with Gasteiger partial charge in [-0.05, 0) is 31.7 Å². The fourth-order valence-electron chi connectivity index (χ4n) is 3.79. The summed E-state index contributed by atoms with van der Waals surface area (Å²) in [6.07, 6.45) is 2.50. The van der Waals surface area contributed by atoms with Crippen LogP contribution in [0.5, 0.6) is 0 Å². The second-order valence-electron chi connectivity index (χ2n) is 7.45. The maximum Gasteiger partial charge on any atom is 0.416 e. The van der Waals surface area contributed by atoms with Gasteiger partial charge in [-0.2, -0.15) is 0 Å². The lowest BCUT2D eigenvalue weighted by Crippen LogP contribution is -2.43. The van der Waals surface area contributed by atoms with Crippen molar-refractivity contribution in [3.63, 3.8) is 0 Å². The molecule has 0 N–H and O–H groups in total. The van der Waals surface area contributed by atoms with Gasteiger partial charge in [0.15, 0.2) is 5.79 Å². The minimum Gasteiger partial charge on any atom is -0.447 e. The zero-order valence-corrected chi connectivity index (χ0v) is 16.2. The second-order valence-corrected chi connectivity index (χ2v) is 7.45. The predicted octanol–water partition coefficient (Wildman–Crippen LogP) is 2.72. The highest BCUT2D eigenvalue weighted by Gasteiger charge is 2.40. The highest BCUT2D eigenvalue weighted by Crippen LogP contribution is 2.28. The molecule has 0 bridgehead atoms. The molecular weight excluding hydrogens is 362 g/mol. The molecule has 152 valence electrons. The quantitative estimate of drug-likeness (QED) is 0.604. The summed E-state index contributed by atoms with van der Waals surface area (Å²) in [6, 6.07) is 9.31. The molecule has 2 aliphatic heterocycles. The standard InChI is InChI=1S/C21H27NO6/c1-21(27-12-13-28-21)10-5-8-17(9-11-23)19(24)22-18(15-26-20(22)25)14-16-6-3-2-4-7-16/h2-4,6-7,11,17-18H,5,8-10,12-15H2,1H3/t17?,18-/m1/s1. The molecule has 2 atom stereocenters. The Morgan fingerprint density at radius 3 is 2.68 bits per heavy atom. The number of hydrogen-bond donors (Lipinski definition) is 0. The molecule has 0 aromatic heterocycles. The van der Waals surface area contributed by atoms with E-state index < -0.39 is 17.8 Å². The molecule has 0 radical (unpaired) electrons. The van der Waals surface area contributed by atoms with Crippen LogP contribution in [0.1, 0.15) is 38.2 Å². The van der Waals surface area contributed by atoms with Crippen molar-refractivity contribution >= 4 is 18.3 Å². The van der Waals surface area contributed by atoms with Crippen LogP contribution in [-0.4, -0.2) is 54.8 Å². The molecule has 0 saturated carbocycles. The van der Waals surface area contributed by atoms with Gasteiger partial charge in [0.05, 0.1) is 19.3 Å². The fourth-order valence-corrected chi connectivity index (χ4v) is 3.79. The fraction of sp³-hybridized carbons (Fsp3) is 0.571. The van der Waals surface area contributed by atoms with Crippen LogP contribution >= 0.6 is 0 Å². The maximum atomic E-state index is 13.1. The third-order valence-corrected chi connectivity index (χ3v) is 5.32. The van der Waals surface area contributed by atoms with E-state index in [2.05, 4.69) is 0 Å². The van der Waals surface area contributed by atoms with E-state index in [0.717, 1.165) is 11.8 Å². The molecule has 1 unspecified atom stereocenters. The Kier molecular flexibility index (Phi) is 6.80. The first kappa shape index (κ1) is 20.5. The normalized spacial score (nSPS) is 22.1. The molecule has 7 nitrogen and oxygen atoms in total. The van der Waals surface area contributed by atoms with Crippen molar-refractivity contribution in [3.8, 4) is 0 Å². The highest BCUT2D eigenvalue weighted by atomic mass is 16.7. The van der Waals surface area contributed by atoms with Crippen molar-refractivity contribution in [2.45, 2.75) is 50.9 Å². The Balaban J connectivity index is 1.62. The van der Waals surface area contributed by atoms with E-state index in [1.54, 1.807) is 0 Å². The van der Waals surface area contributed by atoms with E-state index in [-0.39, 0.29) is 25.0 Å². The molecule has 7 heteroatoms. The van der Waals surface area contributed by atoms with Crippen LogP contribution < -0.4 is 0 Å². The number of cyclic esters (lactones) is 1. The largest absolute Gasteiger partial charge is 0.447 e. The second kappa shape index (κ2) is 9.30. The summed E-state index contributed by atoms with van der Waals surface area (Å²) in [5.74, 6) is -1.52. The lowest BCUT2D eigenvalue weighted by atomic mass is 9.95. The molecule has 2 heterocycles. The minimum absolute atomic E-state index is 0.0824. The molecule has 1 aromatic carbocycles. The number of ether oxygens (including phenoxy) is 3. The van der Waals surface area contributed by atoms with E-state index in [1.165, 1.54) is 4.90 Å². The summed E-state index contributed by atoms with van der Waals surface area (Å²) in [6.45, 7) is 3.18. The number of amides is 2. The van der Waals surface area contributed by atoms with E-state index in [4.69, 9.17) is 14.2 Å². The number of aldehydes is 1. The van der Waals surface area contributed by atoms with Gasteiger partial charge in [-0.3, -0.25) is 4.79 Å². The first-order valence-electron chi connectivity index (χ1n) is 9.78. The van der Waals surface area contributed by atoms with E-state index in [0.29, 0.717) is 38.9 Å².